The number of carboxylic acid groups (broad SMARTS) is 1. The van der Waals surface area contributed by atoms with E-state index < -0.39 is 17.8 Å². The molecule has 23 heavy (non-hydrogen) atoms. The zero-order valence-corrected chi connectivity index (χ0v) is 12.8. The summed E-state index contributed by atoms with van der Waals surface area (Å²) in [6.45, 7) is 2.53. The number of rotatable bonds is 4. The molecule has 7 heteroatoms. The molecule has 1 aromatic rings. The predicted octanol–water partition coefficient (Wildman–Crippen LogP) is 1.53. The van der Waals surface area contributed by atoms with Crippen molar-refractivity contribution in [1.82, 2.24) is 9.88 Å². The number of carboxylic acids is 1. The van der Waals surface area contributed by atoms with Crippen LogP contribution >= 0.6 is 0 Å². The maximum atomic E-state index is 12.3. The minimum atomic E-state index is -0.833. The van der Waals surface area contributed by atoms with Crippen LogP contribution in [0.4, 0.5) is 5.82 Å². The summed E-state index contributed by atoms with van der Waals surface area (Å²) >= 11 is 0. The second-order valence-corrected chi connectivity index (χ2v) is 5.38. The number of carbonyl (C=O) groups excluding carboxylic acids is 1. The normalized spacial score (nSPS) is 15.8. The first-order chi connectivity index (χ1) is 11.0. The molecule has 0 aliphatic carbocycles. The Balaban J connectivity index is 2.00. The van der Waals surface area contributed by atoms with E-state index in [-0.39, 0.29) is 5.57 Å². The quantitative estimate of drug-likeness (QED) is 0.645. The molecule has 120 valence electrons. The molecule has 0 aromatic carbocycles. The van der Waals surface area contributed by atoms with Crippen molar-refractivity contribution in [3.8, 4) is 6.07 Å². The molecule has 0 saturated carbocycles. The van der Waals surface area contributed by atoms with Crippen molar-refractivity contribution in [1.29, 1.82) is 5.26 Å². The van der Waals surface area contributed by atoms with Crippen LogP contribution in [-0.4, -0.2) is 40.0 Å². The van der Waals surface area contributed by atoms with Crippen LogP contribution < -0.4 is 5.32 Å². The average molecular weight is 314 g/mol. The molecule has 1 aromatic heterocycles. The van der Waals surface area contributed by atoms with Crippen LogP contribution in [0.15, 0.2) is 30.0 Å². The highest BCUT2D eigenvalue weighted by atomic mass is 16.4. The summed E-state index contributed by atoms with van der Waals surface area (Å²) in [4.78, 5) is 29.0. The van der Waals surface area contributed by atoms with Crippen molar-refractivity contribution < 1.29 is 14.7 Å². The molecule has 7 nitrogen and oxygen atoms in total. The first-order valence-corrected chi connectivity index (χ1v) is 7.34. The first-order valence-electron chi connectivity index (χ1n) is 7.34. The minimum absolute atomic E-state index is 0.0259. The number of piperidine rings is 1. The third-order valence-corrected chi connectivity index (χ3v) is 3.73. The number of carbonyl (C=O) groups is 2. The van der Waals surface area contributed by atoms with Gasteiger partial charge >= 0.3 is 5.97 Å². The monoisotopic (exact) mass is 314 g/mol. The Hall–Kier alpha value is -2.88. The lowest BCUT2D eigenvalue weighted by molar-refractivity contribution is -0.145. The van der Waals surface area contributed by atoms with Crippen LogP contribution in [0.2, 0.25) is 0 Å². The van der Waals surface area contributed by atoms with Gasteiger partial charge in [0.2, 0.25) is 0 Å². The largest absolute Gasteiger partial charge is 0.481 e. The first kappa shape index (κ1) is 16.5. The van der Waals surface area contributed by atoms with Crippen LogP contribution in [-0.2, 0) is 9.59 Å². The molecule has 2 heterocycles. The number of likely N-dealkylation sites (tertiary alicyclic amines) is 1. The van der Waals surface area contributed by atoms with E-state index in [1.165, 1.54) is 11.1 Å². The number of anilines is 1. The highest BCUT2D eigenvalue weighted by Crippen LogP contribution is 2.18. The number of pyridine rings is 1. The Kier molecular flexibility index (Phi) is 5.31. The molecule has 1 aliphatic rings. The second-order valence-electron chi connectivity index (χ2n) is 5.38. The molecule has 1 fully saturated rings. The summed E-state index contributed by atoms with van der Waals surface area (Å²) in [5.41, 5.74) is 0.797. The number of aryl methyl sites for hydroxylation is 1. The zero-order chi connectivity index (χ0) is 16.8. The van der Waals surface area contributed by atoms with Gasteiger partial charge in [-0.3, -0.25) is 9.59 Å². The van der Waals surface area contributed by atoms with Crippen LogP contribution in [0.3, 0.4) is 0 Å². The molecule has 0 radical (unpaired) electrons. The molecule has 0 atom stereocenters. The van der Waals surface area contributed by atoms with Gasteiger partial charge in [-0.25, -0.2) is 4.98 Å². The molecule has 1 saturated heterocycles. The highest BCUT2D eigenvalue weighted by molar-refractivity contribution is 5.97. The predicted molar refractivity (Wildman–Crippen MR) is 83.2 cm³/mol. The minimum Gasteiger partial charge on any atom is -0.481 e. The fourth-order valence-corrected chi connectivity index (χ4v) is 2.41. The van der Waals surface area contributed by atoms with Gasteiger partial charge in [-0.05, 0) is 31.9 Å². The molecule has 0 unspecified atom stereocenters. The second kappa shape index (κ2) is 7.40. The van der Waals surface area contributed by atoms with E-state index in [2.05, 4.69) is 10.3 Å². The van der Waals surface area contributed by atoms with Crippen LogP contribution in [0.5, 0.6) is 0 Å². The number of nitrogens with one attached hydrogen (secondary N) is 1. The summed E-state index contributed by atoms with van der Waals surface area (Å²) in [6, 6.07) is 7.29. The molecule has 2 N–H and O–H groups in total. The van der Waals surface area contributed by atoms with Gasteiger partial charge < -0.3 is 15.3 Å². The summed E-state index contributed by atoms with van der Waals surface area (Å²) in [7, 11) is 0. The summed E-state index contributed by atoms with van der Waals surface area (Å²) in [5, 5.41) is 21.0. The fourth-order valence-electron chi connectivity index (χ4n) is 2.41. The standard InChI is InChI=1S/C16H18N4O3/c1-11-3-2-4-14(19-11)18-10-13(9-17)15(21)20-7-5-12(6-8-20)16(22)23/h2-4,10,12H,5-8H2,1H3,(H,18,19)(H,22,23)/b13-10-. The summed E-state index contributed by atoms with van der Waals surface area (Å²) < 4.78 is 0. The summed E-state index contributed by atoms with van der Waals surface area (Å²) in [6.07, 6.45) is 2.16. The van der Waals surface area contributed by atoms with Gasteiger partial charge in [0.25, 0.3) is 5.91 Å². The van der Waals surface area contributed by atoms with Gasteiger partial charge in [0.05, 0.1) is 5.92 Å². The van der Waals surface area contributed by atoms with Gasteiger partial charge in [-0.1, -0.05) is 6.07 Å². The topological polar surface area (TPSA) is 106 Å². The number of amides is 1. The van der Waals surface area contributed by atoms with Crippen molar-refractivity contribution in [2.75, 3.05) is 18.4 Å². The zero-order valence-electron chi connectivity index (χ0n) is 12.8. The maximum Gasteiger partial charge on any atom is 0.306 e. The van der Waals surface area contributed by atoms with Crippen LogP contribution in [0.25, 0.3) is 0 Å². The van der Waals surface area contributed by atoms with E-state index in [0.29, 0.717) is 31.7 Å². The van der Waals surface area contributed by atoms with Gasteiger partial charge in [-0.2, -0.15) is 5.26 Å². The Labute approximate surface area is 134 Å². The van der Waals surface area contributed by atoms with Crippen LogP contribution in [0.1, 0.15) is 18.5 Å². The third-order valence-electron chi connectivity index (χ3n) is 3.73. The summed E-state index contributed by atoms with van der Waals surface area (Å²) in [5.74, 6) is -1.09. The molecule has 1 aliphatic heterocycles. The Morgan fingerprint density at radius 2 is 2.13 bits per heavy atom. The van der Waals surface area contributed by atoms with Gasteiger partial charge in [-0.15, -0.1) is 0 Å². The number of aliphatic carboxylic acids is 1. The van der Waals surface area contributed by atoms with Crippen molar-refractivity contribution >= 4 is 17.7 Å². The molecule has 1 amide bonds. The average Bonchev–Trinajstić information content (AvgIpc) is 2.55. The van der Waals surface area contributed by atoms with Crippen molar-refractivity contribution in [3.63, 3.8) is 0 Å². The molecular formula is C16H18N4O3. The van der Waals surface area contributed by atoms with Gasteiger partial charge in [0, 0.05) is 25.0 Å². The highest BCUT2D eigenvalue weighted by Gasteiger charge is 2.28. The van der Waals surface area contributed by atoms with Crippen molar-refractivity contribution in [2.24, 2.45) is 5.92 Å². The SMILES string of the molecule is Cc1cccc(N/C=C(/C#N)C(=O)N2CCC(C(=O)O)CC2)n1. The Bertz CT molecular complexity index is 670. The van der Waals surface area contributed by atoms with Gasteiger partial charge in [0.1, 0.15) is 17.5 Å². The van der Waals surface area contributed by atoms with Crippen molar-refractivity contribution in [2.45, 2.75) is 19.8 Å². The van der Waals surface area contributed by atoms with E-state index in [0.717, 1.165) is 5.69 Å². The Morgan fingerprint density at radius 1 is 1.43 bits per heavy atom. The third kappa shape index (κ3) is 4.30. The number of nitriles is 1. The number of aromatic nitrogens is 1. The Morgan fingerprint density at radius 3 is 2.70 bits per heavy atom. The van der Waals surface area contributed by atoms with E-state index in [1.807, 2.05) is 25.1 Å². The fraction of sp³-hybridized carbons (Fsp3) is 0.375. The number of hydrogen-bond acceptors (Lipinski definition) is 5. The molecule has 2 rings (SSSR count). The van der Waals surface area contributed by atoms with E-state index in [4.69, 9.17) is 5.11 Å². The lowest BCUT2D eigenvalue weighted by Crippen LogP contribution is -2.40. The van der Waals surface area contributed by atoms with Crippen LogP contribution in [0, 0.1) is 24.2 Å². The van der Waals surface area contributed by atoms with E-state index in [1.54, 1.807) is 6.07 Å². The molecular weight excluding hydrogens is 296 g/mol. The van der Waals surface area contributed by atoms with Crippen molar-refractivity contribution in [3.05, 3.63) is 35.7 Å². The molecule has 0 spiro atoms. The maximum absolute atomic E-state index is 12.3. The van der Waals surface area contributed by atoms with E-state index >= 15 is 0 Å². The number of nitrogens with zero attached hydrogens (tertiary/aromatic N) is 3. The van der Waals surface area contributed by atoms with E-state index in [9.17, 15) is 14.9 Å². The lowest BCUT2D eigenvalue weighted by atomic mass is 9.97. The smallest absolute Gasteiger partial charge is 0.306 e. The number of hydrogen-bond donors (Lipinski definition) is 2. The molecule has 0 bridgehead atoms. The lowest BCUT2D eigenvalue weighted by Gasteiger charge is -2.29. The van der Waals surface area contributed by atoms with Gasteiger partial charge in [0.15, 0.2) is 0 Å².